The van der Waals surface area contributed by atoms with Crippen molar-refractivity contribution in [3.8, 4) is 0 Å². The predicted molar refractivity (Wildman–Crippen MR) is 28.3 cm³/mol. The largest absolute Gasteiger partial charge is 0 e. The summed E-state index contributed by atoms with van der Waals surface area (Å²) in [6.07, 6.45) is 0.298. The molecule has 0 rings (SSSR count). The molecule has 0 saturated carbocycles. The third-order valence-corrected chi connectivity index (χ3v) is 0.618. The van der Waals surface area contributed by atoms with Crippen LogP contribution in [-0.2, 0) is 55.7 Å². The van der Waals surface area contributed by atoms with Crippen LogP contribution in [0.2, 0.25) is 0 Å². The van der Waals surface area contributed by atoms with Gasteiger partial charge in [-0.2, -0.15) is 0 Å². The van der Waals surface area contributed by atoms with Crippen LogP contribution < -0.4 is 0 Å². The number of carboxylic acid groups (broad SMARTS) is 1. The van der Waals surface area contributed by atoms with Crippen molar-refractivity contribution in [3.05, 3.63) is 0 Å². The van der Waals surface area contributed by atoms with E-state index in [1.165, 1.54) is 24.5 Å². The molecule has 0 bridgehead atoms. The van der Waals surface area contributed by atoms with Crippen molar-refractivity contribution in [2.45, 2.75) is 12.8 Å². The van der Waals surface area contributed by atoms with Crippen molar-refractivity contribution in [2.75, 3.05) is 0 Å². The molecule has 1 N–H and O–H groups in total. The average molecular weight is 351 g/mol. The summed E-state index contributed by atoms with van der Waals surface area (Å²) in [4.78, 5) is 29.4. The molecule has 0 atom stereocenters. The van der Waals surface area contributed by atoms with Crippen LogP contribution in [0.15, 0.2) is 0 Å². The molecule has 0 aromatic carbocycles. The zero-order chi connectivity index (χ0) is 9.28. The van der Waals surface area contributed by atoms with Gasteiger partial charge in [0, 0.05) is 19.5 Å². The first-order chi connectivity index (χ1) is 5.16. The molecule has 0 spiro atoms. The summed E-state index contributed by atoms with van der Waals surface area (Å²) in [5, 5.41) is 7.96. The van der Waals surface area contributed by atoms with E-state index in [1.54, 1.807) is 0 Å². The van der Waals surface area contributed by atoms with Gasteiger partial charge in [0.05, 0.1) is 0 Å². The molecule has 7 heteroatoms. The monoisotopic (exact) mass is 351 g/mol. The van der Waals surface area contributed by atoms with Gasteiger partial charge in [0.2, 0.25) is 0 Å². The first-order valence-electron chi connectivity index (χ1n) is 2.39. The Kier molecular flexibility index (Phi) is 20.0. The zero-order valence-corrected chi connectivity index (χ0v) is 8.94. The summed E-state index contributed by atoms with van der Waals surface area (Å²) >= 11 is 1.30. The maximum absolute atomic E-state index is 10.2. The number of carbonyl (C=O) groups is 2. The minimum Gasteiger partial charge on any atom is 0 e. The fourth-order valence-electron chi connectivity index (χ4n) is 0.312. The first-order valence-corrected chi connectivity index (χ1v) is 3.06. The molecule has 0 unspecified atom stereocenters. The quantitative estimate of drug-likeness (QED) is 0.416. The molecule has 0 amide bonds. The van der Waals surface area contributed by atoms with Crippen molar-refractivity contribution in [1.29, 1.82) is 0 Å². The van der Waals surface area contributed by atoms with Gasteiger partial charge in [-0.1, -0.05) is 6.42 Å². The van der Waals surface area contributed by atoms with Gasteiger partial charge in [-0.3, -0.25) is 11.1 Å². The van der Waals surface area contributed by atoms with Gasteiger partial charge >= 0.3 is 27.8 Å². The molecule has 0 aliphatic rings. The van der Waals surface area contributed by atoms with E-state index in [1.807, 2.05) is 0 Å². The van der Waals surface area contributed by atoms with Gasteiger partial charge in [-0.25, -0.2) is 0 Å². The first kappa shape index (κ1) is 17.8. The number of carboxylic acids is 1. The maximum Gasteiger partial charge on any atom is 0 e. The van der Waals surface area contributed by atoms with Crippen LogP contribution in [-0.4, -0.2) is 23.1 Å². The third-order valence-electron chi connectivity index (χ3n) is 0.618. The van der Waals surface area contributed by atoms with E-state index in [-0.39, 0.29) is 19.5 Å². The van der Waals surface area contributed by atoms with Crippen LogP contribution >= 0.6 is 0 Å². The number of carbonyl (C=O) groups excluding carboxylic acids is 2. The van der Waals surface area contributed by atoms with Gasteiger partial charge in [0.15, 0.2) is 0 Å². The summed E-state index contributed by atoms with van der Waals surface area (Å²) in [6.45, 7) is 0. The molecule has 0 saturated heterocycles. The van der Waals surface area contributed by atoms with Gasteiger partial charge < -0.3 is 14.7 Å². The minimum absolute atomic E-state index is 0. The van der Waals surface area contributed by atoms with Crippen LogP contribution in [0, 0.1) is 0 Å². The van der Waals surface area contributed by atoms with Crippen molar-refractivity contribution >= 4 is 18.0 Å². The summed E-state index contributed by atoms with van der Waals surface area (Å²) < 4.78 is 8.14. The Morgan fingerprint density at radius 1 is 1.33 bits per heavy atom. The summed E-state index contributed by atoms with van der Waals surface area (Å²) in [7, 11) is 0. The molecular weight excluding hydrogens is 346 g/mol. The molecule has 0 aliphatic carbocycles. The molecule has 0 aromatic rings. The van der Waals surface area contributed by atoms with Crippen LogP contribution in [0.5, 0.6) is 0 Å². The van der Waals surface area contributed by atoms with E-state index < -0.39 is 24.6 Å². The number of hydrogen-bond acceptors (Lipinski definition) is 4. The molecule has 0 aliphatic heterocycles. The standard InChI is InChI=1S/C5H5O4.O.2Rh/c6-2-1-4(7)3-5(8)9;;;/h1,3H2,(H,8,9);;;/q-1;;;. The summed E-state index contributed by atoms with van der Waals surface area (Å²) in [5.74, 6) is -1.83. The van der Waals surface area contributed by atoms with Gasteiger partial charge in [0.25, 0.3) is 0 Å². The van der Waals surface area contributed by atoms with Crippen LogP contribution in [0.3, 0.4) is 0 Å². The van der Waals surface area contributed by atoms with E-state index in [0.29, 0.717) is 0 Å². The minimum atomic E-state index is -1.21. The predicted octanol–water partition coefficient (Wildman–Crippen LogP) is -0.594. The number of hydrogen-bond donors (Lipinski definition) is 1. The number of rotatable bonds is 4. The Bertz CT molecular complexity index is 158. The van der Waals surface area contributed by atoms with Crippen molar-refractivity contribution in [1.82, 2.24) is 0 Å². The van der Waals surface area contributed by atoms with E-state index in [4.69, 9.17) is 8.68 Å². The fraction of sp³-hybridized carbons (Fsp3) is 0.400. The van der Waals surface area contributed by atoms with E-state index >= 15 is 0 Å². The van der Waals surface area contributed by atoms with Crippen LogP contribution in [0.25, 0.3) is 0 Å². The fourth-order valence-corrected chi connectivity index (χ4v) is 0.312. The topological polar surface area (TPSA) is 88.5 Å². The Morgan fingerprint density at radius 3 is 2.00 bits per heavy atom. The van der Waals surface area contributed by atoms with E-state index in [0.717, 1.165) is 0 Å². The van der Waals surface area contributed by atoms with E-state index in [9.17, 15) is 14.4 Å². The SMILES string of the molecule is O=[C-]CC(=O)CC(=O)O.[O]=[Rh].[Rh]. The summed E-state index contributed by atoms with van der Waals surface area (Å²) in [6, 6.07) is 0. The van der Waals surface area contributed by atoms with Gasteiger partial charge in [-0.05, 0) is 0 Å². The molecule has 12 heavy (non-hydrogen) atoms. The Labute approximate surface area is 91.6 Å². The normalized spacial score (nSPS) is 6.75. The molecule has 0 aromatic heterocycles. The maximum atomic E-state index is 10.2. The molecular formula is C5H5O5Rh2-. The Hall–Kier alpha value is -0.143. The third kappa shape index (κ3) is 16.4. The van der Waals surface area contributed by atoms with Crippen molar-refractivity contribution < 1.29 is 60.8 Å². The van der Waals surface area contributed by atoms with Crippen molar-refractivity contribution in [3.63, 3.8) is 0 Å². The molecule has 0 fully saturated rings. The zero-order valence-electron chi connectivity index (χ0n) is 5.66. The number of aliphatic carboxylic acids is 1. The van der Waals surface area contributed by atoms with Crippen LogP contribution in [0.4, 0.5) is 0 Å². The van der Waals surface area contributed by atoms with Gasteiger partial charge in [0.1, 0.15) is 12.2 Å². The summed E-state index contributed by atoms with van der Waals surface area (Å²) in [5.41, 5.74) is 0. The molecule has 74 valence electrons. The molecule has 0 heterocycles. The smallest absolute Gasteiger partial charge is 0 e. The van der Waals surface area contributed by atoms with Crippen LogP contribution in [0.1, 0.15) is 12.8 Å². The Morgan fingerprint density at radius 2 is 1.75 bits per heavy atom. The second-order valence-corrected chi connectivity index (χ2v) is 1.43. The van der Waals surface area contributed by atoms with E-state index in [2.05, 4.69) is 0 Å². The number of Topliss-reactive ketones (excluding diaryl/α,β-unsaturated/α-hetero) is 1. The second-order valence-electron chi connectivity index (χ2n) is 1.43. The van der Waals surface area contributed by atoms with Crippen molar-refractivity contribution in [2.24, 2.45) is 0 Å². The average Bonchev–Trinajstić information content (AvgIpc) is 1.91. The Balaban J connectivity index is -0.000000249. The van der Waals surface area contributed by atoms with Gasteiger partial charge in [-0.15, -0.1) is 0 Å². The molecule has 5 nitrogen and oxygen atoms in total. The number of ketones is 1. The molecule has 1 radical (unpaired) electrons. The second kappa shape index (κ2) is 13.4.